The second-order valence-corrected chi connectivity index (χ2v) is 3.35. The van der Waals surface area contributed by atoms with Crippen LogP contribution in [0.1, 0.15) is 30.8 Å². The lowest BCUT2D eigenvalue weighted by Gasteiger charge is -2.08. The summed E-state index contributed by atoms with van der Waals surface area (Å²) in [6, 6.07) is 0. The molecule has 0 aromatic carbocycles. The van der Waals surface area contributed by atoms with Crippen LogP contribution in [0.2, 0.25) is 5.02 Å². The van der Waals surface area contributed by atoms with E-state index in [9.17, 15) is 9.90 Å². The average molecular weight is 217 g/mol. The number of hydrogen-bond donors (Lipinski definition) is 1. The Hall–Kier alpha value is -0.870. The zero-order chi connectivity index (χ0) is 10.7. The second kappa shape index (κ2) is 4.57. The molecule has 78 valence electrons. The van der Waals surface area contributed by atoms with Crippen LogP contribution in [0.5, 0.6) is 0 Å². The lowest BCUT2D eigenvalue weighted by molar-refractivity contribution is 0.0729. The Balaban J connectivity index is 3.04. The highest BCUT2D eigenvalue weighted by atomic mass is 35.5. The van der Waals surface area contributed by atoms with Gasteiger partial charge in [-0.05, 0) is 13.3 Å². The maximum Gasteiger partial charge on any atom is 0.210 e. The molecule has 0 bridgehead atoms. The van der Waals surface area contributed by atoms with Gasteiger partial charge in [-0.3, -0.25) is 9.48 Å². The monoisotopic (exact) mass is 216 g/mol. The Labute approximate surface area is 87.5 Å². The zero-order valence-corrected chi connectivity index (χ0v) is 8.95. The zero-order valence-electron chi connectivity index (χ0n) is 8.20. The third kappa shape index (κ3) is 1.96. The van der Waals surface area contributed by atoms with Crippen molar-refractivity contribution in [3.8, 4) is 0 Å². The quantitative estimate of drug-likeness (QED) is 0.777. The first-order valence-corrected chi connectivity index (χ1v) is 4.93. The van der Waals surface area contributed by atoms with Gasteiger partial charge in [-0.2, -0.15) is 5.10 Å². The average Bonchev–Trinajstić information content (AvgIpc) is 2.57. The molecule has 4 nitrogen and oxygen atoms in total. The van der Waals surface area contributed by atoms with Crippen molar-refractivity contribution in [1.29, 1.82) is 0 Å². The number of ketones is 1. The summed E-state index contributed by atoms with van der Waals surface area (Å²) in [5.74, 6) is -0.364. The van der Waals surface area contributed by atoms with Crippen LogP contribution in [0.25, 0.3) is 0 Å². The van der Waals surface area contributed by atoms with Crippen molar-refractivity contribution in [2.24, 2.45) is 0 Å². The molecule has 14 heavy (non-hydrogen) atoms. The Kier molecular flexibility index (Phi) is 3.66. The van der Waals surface area contributed by atoms with Gasteiger partial charge in [-0.1, -0.05) is 18.5 Å². The fraction of sp³-hybridized carbons (Fsp3) is 0.556. The summed E-state index contributed by atoms with van der Waals surface area (Å²) >= 11 is 5.80. The molecule has 1 unspecified atom stereocenters. The summed E-state index contributed by atoms with van der Waals surface area (Å²) in [7, 11) is 0. The number of aryl methyl sites for hydroxylation is 1. The number of halogens is 1. The molecular formula is C9H13ClN2O2. The van der Waals surface area contributed by atoms with Crippen LogP contribution in [0.4, 0.5) is 0 Å². The standard InChI is InChI=1S/C9H13ClN2O2/c1-3-7(13)9(14)8-6(10)5-11-12(8)4-2/h5,7,13H,3-4H2,1-2H3. The minimum atomic E-state index is -0.991. The molecule has 1 N–H and O–H groups in total. The summed E-state index contributed by atoms with van der Waals surface area (Å²) in [5, 5.41) is 13.6. The maximum absolute atomic E-state index is 11.6. The third-order valence-corrected chi connectivity index (χ3v) is 2.29. The highest BCUT2D eigenvalue weighted by Crippen LogP contribution is 2.17. The first-order valence-electron chi connectivity index (χ1n) is 4.55. The number of nitrogens with zero attached hydrogens (tertiary/aromatic N) is 2. The molecule has 1 aromatic rings. The van der Waals surface area contributed by atoms with Crippen molar-refractivity contribution in [1.82, 2.24) is 9.78 Å². The fourth-order valence-electron chi connectivity index (χ4n) is 1.19. The minimum Gasteiger partial charge on any atom is -0.385 e. The minimum absolute atomic E-state index is 0.295. The number of aliphatic hydroxyl groups is 1. The number of rotatable bonds is 4. The van der Waals surface area contributed by atoms with Gasteiger partial charge in [0.2, 0.25) is 5.78 Å². The number of carbonyl (C=O) groups is 1. The van der Waals surface area contributed by atoms with E-state index in [4.69, 9.17) is 11.6 Å². The van der Waals surface area contributed by atoms with Crippen LogP contribution < -0.4 is 0 Å². The van der Waals surface area contributed by atoms with Gasteiger partial charge in [0.15, 0.2) is 0 Å². The van der Waals surface area contributed by atoms with Crippen molar-refractivity contribution in [2.75, 3.05) is 0 Å². The molecule has 0 saturated carbocycles. The van der Waals surface area contributed by atoms with E-state index < -0.39 is 6.10 Å². The topological polar surface area (TPSA) is 55.1 Å². The van der Waals surface area contributed by atoms with Crippen LogP contribution in [0.3, 0.4) is 0 Å². The lowest BCUT2D eigenvalue weighted by atomic mass is 10.1. The maximum atomic E-state index is 11.6. The fourth-order valence-corrected chi connectivity index (χ4v) is 1.42. The molecule has 0 spiro atoms. The van der Waals surface area contributed by atoms with E-state index in [2.05, 4.69) is 5.10 Å². The molecule has 0 radical (unpaired) electrons. The van der Waals surface area contributed by atoms with Crippen molar-refractivity contribution in [3.05, 3.63) is 16.9 Å². The summed E-state index contributed by atoms with van der Waals surface area (Å²) in [4.78, 5) is 11.6. The molecule has 0 saturated heterocycles. The summed E-state index contributed by atoms with van der Waals surface area (Å²) in [6.45, 7) is 4.16. The summed E-state index contributed by atoms with van der Waals surface area (Å²) in [6.07, 6.45) is 0.805. The first kappa shape index (κ1) is 11.2. The van der Waals surface area contributed by atoms with Crippen LogP contribution in [0.15, 0.2) is 6.20 Å². The van der Waals surface area contributed by atoms with Gasteiger partial charge in [0.25, 0.3) is 0 Å². The highest BCUT2D eigenvalue weighted by molar-refractivity contribution is 6.33. The van der Waals surface area contributed by atoms with Gasteiger partial charge in [0, 0.05) is 6.54 Å². The van der Waals surface area contributed by atoms with Crippen LogP contribution in [0, 0.1) is 0 Å². The van der Waals surface area contributed by atoms with Crippen LogP contribution in [-0.4, -0.2) is 26.8 Å². The smallest absolute Gasteiger partial charge is 0.210 e. The molecule has 1 atom stereocenters. The normalized spacial score (nSPS) is 12.9. The molecule has 5 heteroatoms. The van der Waals surface area contributed by atoms with Crippen molar-refractivity contribution < 1.29 is 9.90 Å². The number of hydrogen-bond acceptors (Lipinski definition) is 3. The Morgan fingerprint density at radius 3 is 2.86 bits per heavy atom. The molecule has 0 aliphatic heterocycles. The number of aromatic nitrogens is 2. The van der Waals surface area contributed by atoms with E-state index in [1.54, 1.807) is 6.92 Å². The second-order valence-electron chi connectivity index (χ2n) is 2.95. The molecule has 1 heterocycles. The number of Topliss-reactive ketones (excluding diaryl/α,β-unsaturated/α-hetero) is 1. The van der Waals surface area contributed by atoms with Gasteiger partial charge in [-0.15, -0.1) is 0 Å². The van der Waals surface area contributed by atoms with Crippen molar-refractivity contribution in [2.45, 2.75) is 32.9 Å². The first-order chi connectivity index (χ1) is 6.61. The Morgan fingerprint density at radius 2 is 2.36 bits per heavy atom. The highest BCUT2D eigenvalue weighted by Gasteiger charge is 2.22. The SMILES string of the molecule is CCC(O)C(=O)c1c(Cl)cnn1CC. The molecule has 1 rings (SSSR count). The lowest BCUT2D eigenvalue weighted by Crippen LogP contribution is -2.23. The van der Waals surface area contributed by atoms with Gasteiger partial charge in [0.1, 0.15) is 11.8 Å². The molecular weight excluding hydrogens is 204 g/mol. The third-order valence-electron chi connectivity index (χ3n) is 2.02. The van der Waals surface area contributed by atoms with E-state index >= 15 is 0 Å². The van der Waals surface area contributed by atoms with Crippen molar-refractivity contribution >= 4 is 17.4 Å². The largest absolute Gasteiger partial charge is 0.385 e. The van der Waals surface area contributed by atoms with E-state index in [-0.39, 0.29) is 5.78 Å². The molecule has 0 amide bonds. The molecule has 0 aliphatic carbocycles. The van der Waals surface area contributed by atoms with E-state index in [1.165, 1.54) is 10.9 Å². The molecule has 0 aliphatic rings. The van der Waals surface area contributed by atoms with Gasteiger partial charge < -0.3 is 5.11 Å². The van der Waals surface area contributed by atoms with Crippen molar-refractivity contribution in [3.63, 3.8) is 0 Å². The predicted molar refractivity (Wildman–Crippen MR) is 53.5 cm³/mol. The predicted octanol–water partition coefficient (Wildman–Crippen LogP) is 1.51. The van der Waals surface area contributed by atoms with Gasteiger partial charge >= 0.3 is 0 Å². The summed E-state index contributed by atoms with van der Waals surface area (Å²) < 4.78 is 1.49. The summed E-state index contributed by atoms with van der Waals surface area (Å²) in [5.41, 5.74) is 0.295. The number of aliphatic hydroxyl groups excluding tert-OH is 1. The Morgan fingerprint density at radius 1 is 1.71 bits per heavy atom. The van der Waals surface area contributed by atoms with E-state index in [0.717, 1.165) is 0 Å². The van der Waals surface area contributed by atoms with Crippen LogP contribution >= 0.6 is 11.6 Å². The molecule has 0 fully saturated rings. The Bertz CT molecular complexity index is 336. The van der Waals surface area contributed by atoms with Gasteiger partial charge in [0.05, 0.1) is 11.2 Å². The van der Waals surface area contributed by atoms with E-state index in [1.807, 2.05) is 6.92 Å². The molecule has 1 aromatic heterocycles. The van der Waals surface area contributed by atoms with Gasteiger partial charge in [-0.25, -0.2) is 0 Å². The van der Waals surface area contributed by atoms with Crippen LogP contribution in [-0.2, 0) is 6.54 Å². The number of carbonyl (C=O) groups excluding carboxylic acids is 1. The van der Waals surface area contributed by atoms with E-state index in [0.29, 0.717) is 23.7 Å².